The van der Waals surface area contributed by atoms with Gasteiger partial charge in [-0.15, -0.1) is 0 Å². The predicted octanol–water partition coefficient (Wildman–Crippen LogP) is 4.52. The fraction of sp³-hybridized carbons (Fsp3) is 0.143. The average molecular weight is 450 g/mol. The summed E-state index contributed by atoms with van der Waals surface area (Å²) in [5.41, 5.74) is 2.95. The molecule has 1 aliphatic heterocycles. The highest BCUT2D eigenvalue weighted by atomic mass is 16.2. The summed E-state index contributed by atoms with van der Waals surface area (Å²) in [4.78, 5) is 44.2. The molecule has 1 unspecified atom stereocenters. The van der Waals surface area contributed by atoms with Crippen LogP contribution in [0.3, 0.4) is 0 Å². The van der Waals surface area contributed by atoms with Crippen molar-refractivity contribution < 1.29 is 14.4 Å². The number of carbonyl (C=O) groups excluding carboxylic acids is 3. The van der Waals surface area contributed by atoms with Crippen LogP contribution in [0, 0.1) is 0 Å². The highest BCUT2D eigenvalue weighted by Gasteiger charge is 2.32. The lowest BCUT2D eigenvalue weighted by Gasteiger charge is -2.27. The van der Waals surface area contributed by atoms with E-state index in [0.29, 0.717) is 22.9 Å². The van der Waals surface area contributed by atoms with E-state index in [4.69, 9.17) is 0 Å². The number of hydrogen-bond acceptors (Lipinski definition) is 4. The third kappa shape index (κ3) is 4.06. The Labute approximate surface area is 197 Å². The maximum atomic E-state index is 13.0. The quantitative estimate of drug-likeness (QED) is 0.421. The Morgan fingerprint density at radius 2 is 1.41 bits per heavy atom. The molecule has 1 N–H and O–H groups in total. The molecular weight excluding hydrogens is 426 g/mol. The van der Waals surface area contributed by atoms with E-state index in [9.17, 15) is 14.4 Å². The number of nitrogens with zero attached hydrogens (tertiary/aromatic N) is 2. The smallest absolute Gasteiger partial charge is 0.261 e. The van der Waals surface area contributed by atoms with Crippen molar-refractivity contribution in [1.29, 1.82) is 0 Å². The molecule has 168 valence electrons. The fourth-order valence-corrected chi connectivity index (χ4v) is 4.47. The molecule has 0 fully saturated rings. The Bertz CT molecular complexity index is 1280. The van der Waals surface area contributed by atoms with Gasteiger partial charge in [0.25, 0.3) is 11.8 Å². The molecule has 0 spiro atoms. The van der Waals surface area contributed by atoms with Gasteiger partial charge in [0, 0.05) is 41.9 Å². The summed E-state index contributed by atoms with van der Waals surface area (Å²) in [5.74, 6) is -0.771. The fourth-order valence-electron chi connectivity index (χ4n) is 4.47. The number of rotatable bonds is 7. The molecule has 4 aromatic rings. The lowest BCUT2D eigenvalue weighted by Crippen LogP contribution is -2.41. The molecule has 2 heterocycles. The van der Waals surface area contributed by atoms with Gasteiger partial charge in [0.05, 0.1) is 6.04 Å². The van der Waals surface area contributed by atoms with Gasteiger partial charge in [-0.2, -0.15) is 0 Å². The van der Waals surface area contributed by atoms with E-state index < -0.39 is 0 Å². The molecule has 3 aromatic carbocycles. The van der Waals surface area contributed by atoms with Gasteiger partial charge in [-0.25, -0.2) is 0 Å². The summed E-state index contributed by atoms with van der Waals surface area (Å²) < 4.78 is 0. The summed E-state index contributed by atoms with van der Waals surface area (Å²) in [7, 11) is 0. The molecule has 1 aliphatic rings. The molecule has 0 bridgehead atoms. The largest absolute Gasteiger partial charge is 0.345 e. The molecule has 5 rings (SSSR count). The minimum absolute atomic E-state index is 0.148. The van der Waals surface area contributed by atoms with Gasteiger partial charge in [-0.05, 0) is 47.2 Å². The Morgan fingerprint density at radius 1 is 0.794 bits per heavy atom. The van der Waals surface area contributed by atoms with Crippen LogP contribution in [0.2, 0.25) is 0 Å². The highest BCUT2D eigenvalue weighted by molar-refractivity contribution is 6.25. The van der Waals surface area contributed by atoms with Crippen molar-refractivity contribution >= 4 is 28.5 Å². The number of amides is 3. The first-order chi connectivity index (χ1) is 16.6. The number of imide groups is 1. The van der Waals surface area contributed by atoms with Crippen molar-refractivity contribution in [2.75, 3.05) is 6.54 Å². The number of pyridine rings is 1. The molecule has 3 amide bonds. The van der Waals surface area contributed by atoms with Crippen LogP contribution >= 0.6 is 0 Å². The second-order valence-electron chi connectivity index (χ2n) is 8.27. The van der Waals surface area contributed by atoms with E-state index in [2.05, 4.69) is 10.3 Å². The van der Waals surface area contributed by atoms with Crippen molar-refractivity contribution in [3.8, 4) is 0 Å². The predicted molar refractivity (Wildman–Crippen MR) is 129 cm³/mol. The molecule has 0 saturated heterocycles. The van der Waals surface area contributed by atoms with Crippen molar-refractivity contribution in [2.45, 2.75) is 18.9 Å². The number of aromatic nitrogens is 1. The topological polar surface area (TPSA) is 79.4 Å². The van der Waals surface area contributed by atoms with Crippen LogP contribution in [0.1, 0.15) is 50.7 Å². The second-order valence-corrected chi connectivity index (χ2v) is 8.27. The van der Waals surface area contributed by atoms with Gasteiger partial charge < -0.3 is 5.32 Å². The number of nitrogens with one attached hydrogen (secondary N) is 1. The van der Waals surface area contributed by atoms with E-state index in [-0.39, 0.29) is 36.7 Å². The molecule has 6 heteroatoms. The van der Waals surface area contributed by atoms with Crippen LogP contribution in [0.5, 0.6) is 0 Å². The Kier molecular flexibility index (Phi) is 5.87. The highest BCUT2D eigenvalue weighted by Crippen LogP contribution is 2.30. The average Bonchev–Trinajstić information content (AvgIpc) is 2.88. The van der Waals surface area contributed by atoms with Gasteiger partial charge in [0.1, 0.15) is 0 Å². The summed E-state index contributed by atoms with van der Waals surface area (Å²) in [6.07, 6.45) is 3.96. The Hall–Kier alpha value is -4.32. The molecule has 0 saturated carbocycles. The van der Waals surface area contributed by atoms with Gasteiger partial charge in [0.15, 0.2) is 0 Å². The van der Waals surface area contributed by atoms with Crippen LogP contribution in [0.25, 0.3) is 10.8 Å². The summed E-state index contributed by atoms with van der Waals surface area (Å²) in [5, 5.41) is 4.67. The Morgan fingerprint density at radius 3 is 2.06 bits per heavy atom. The van der Waals surface area contributed by atoms with Crippen LogP contribution in [-0.4, -0.2) is 34.2 Å². The van der Waals surface area contributed by atoms with E-state index in [1.54, 1.807) is 24.5 Å². The minimum Gasteiger partial charge on any atom is -0.345 e. The molecule has 1 aromatic heterocycles. The first kappa shape index (κ1) is 21.5. The van der Waals surface area contributed by atoms with Gasteiger partial charge in [-0.1, -0.05) is 54.6 Å². The normalized spacial score (nSPS) is 13.7. The molecule has 34 heavy (non-hydrogen) atoms. The SMILES string of the molecule is O=C(CCCN1C(=O)c2cccc3cccc(c23)C1=O)NC(c1ccccc1)c1ccncc1. The van der Waals surface area contributed by atoms with Gasteiger partial charge in [0.2, 0.25) is 5.91 Å². The van der Waals surface area contributed by atoms with Gasteiger partial charge >= 0.3 is 0 Å². The van der Waals surface area contributed by atoms with E-state index in [1.807, 2.05) is 66.7 Å². The van der Waals surface area contributed by atoms with Crippen LogP contribution in [-0.2, 0) is 4.79 Å². The zero-order valence-corrected chi connectivity index (χ0v) is 18.5. The van der Waals surface area contributed by atoms with Crippen LogP contribution < -0.4 is 5.32 Å². The van der Waals surface area contributed by atoms with E-state index >= 15 is 0 Å². The number of hydrogen-bond donors (Lipinski definition) is 1. The monoisotopic (exact) mass is 449 g/mol. The van der Waals surface area contributed by atoms with Crippen molar-refractivity contribution in [3.63, 3.8) is 0 Å². The molecule has 1 atom stereocenters. The van der Waals surface area contributed by atoms with Crippen molar-refractivity contribution in [2.24, 2.45) is 0 Å². The van der Waals surface area contributed by atoms with Crippen LogP contribution in [0.15, 0.2) is 91.3 Å². The number of carbonyl (C=O) groups is 3. The maximum Gasteiger partial charge on any atom is 0.261 e. The second kappa shape index (κ2) is 9.27. The first-order valence-electron chi connectivity index (χ1n) is 11.3. The lowest BCUT2D eigenvalue weighted by atomic mass is 9.94. The lowest BCUT2D eigenvalue weighted by molar-refractivity contribution is -0.121. The summed E-state index contributed by atoms with van der Waals surface area (Å²) in [6, 6.07) is 24.1. The summed E-state index contributed by atoms with van der Waals surface area (Å²) in [6.45, 7) is 0.182. The standard InChI is InChI=1S/C28H23N3O3/c32-24(30-26(20-7-2-1-3-8-20)21-14-16-29-17-15-21)13-6-18-31-27(33)22-11-4-9-19-10-5-12-23(25(19)22)28(31)34/h1-5,7-12,14-17,26H,6,13,18H2,(H,30,32). The minimum atomic E-state index is -0.311. The van der Waals surface area contributed by atoms with E-state index in [0.717, 1.165) is 16.5 Å². The molecule has 0 aliphatic carbocycles. The maximum absolute atomic E-state index is 13.0. The number of benzene rings is 3. The molecule has 0 radical (unpaired) electrons. The first-order valence-corrected chi connectivity index (χ1v) is 11.3. The molecule has 6 nitrogen and oxygen atoms in total. The molecular formula is C28H23N3O3. The third-order valence-corrected chi connectivity index (χ3v) is 6.12. The Balaban J connectivity index is 1.27. The summed E-state index contributed by atoms with van der Waals surface area (Å²) >= 11 is 0. The van der Waals surface area contributed by atoms with Crippen LogP contribution in [0.4, 0.5) is 0 Å². The van der Waals surface area contributed by atoms with Crippen molar-refractivity contribution in [1.82, 2.24) is 15.2 Å². The zero-order chi connectivity index (χ0) is 23.5. The third-order valence-electron chi connectivity index (χ3n) is 6.12. The van der Waals surface area contributed by atoms with Gasteiger partial charge in [-0.3, -0.25) is 24.3 Å². The van der Waals surface area contributed by atoms with E-state index in [1.165, 1.54) is 4.90 Å². The van der Waals surface area contributed by atoms with Crippen molar-refractivity contribution in [3.05, 3.63) is 114 Å². The zero-order valence-electron chi connectivity index (χ0n) is 18.5.